The standard InChI is InChI=1S/C54H40N2/c1-33-11-19-39(20-12-33)55(40-21-13-34(2)14-22-40)43-27-28-46-48(31-43)45-9-5-8-38-30-49-50-32-44(29-37-7-6-10-47(51(37)50)53(49)54(46)52(38)45)56(41-23-15-35(3)16-24-41)42-25-17-36(4)18-26-42/h5-32H,1-4H3. The Morgan fingerprint density at radius 2 is 0.661 bits per heavy atom. The molecule has 0 spiro atoms. The molecule has 0 N–H and O–H groups in total. The van der Waals surface area contributed by atoms with Gasteiger partial charge in [-0.15, -0.1) is 0 Å². The Morgan fingerprint density at radius 1 is 0.250 bits per heavy atom. The molecule has 2 heteroatoms. The van der Waals surface area contributed by atoms with E-state index >= 15 is 0 Å². The zero-order chi connectivity index (χ0) is 37.7. The normalized spacial score (nSPS) is 11.9. The van der Waals surface area contributed by atoms with Crippen molar-refractivity contribution >= 4 is 98.8 Å². The van der Waals surface area contributed by atoms with Crippen LogP contribution in [-0.2, 0) is 0 Å². The van der Waals surface area contributed by atoms with Gasteiger partial charge in [0.25, 0.3) is 0 Å². The van der Waals surface area contributed by atoms with Crippen molar-refractivity contribution < 1.29 is 0 Å². The molecule has 266 valence electrons. The lowest BCUT2D eigenvalue weighted by atomic mass is 10.0. The van der Waals surface area contributed by atoms with E-state index in [4.69, 9.17) is 0 Å². The number of rotatable bonds is 6. The van der Waals surface area contributed by atoms with Gasteiger partial charge in [-0.25, -0.2) is 0 Å². The molecule has 2 nitrogen and oxygen atoms in total. The molecule has 0 aliphatic rings. The third-order valence-corrected chi connectivity index (χ3v) is 11.9. The van der Waals surface area contributed by atoms with Gasteiger partial charge >= 0.3 is 0 Å². The molecule has 0 amide bonds. The molecule has 0 aromatic heterocycles. The minimum absolute atomic E-state index is 1.15. The van der Waals surface area contributed by atoms with Crippen LogP contribution in [0.3, 0.4) is 0 Å². The average molecular weight is 717 g/mol. The van der Waals surface area contributed by atoms with Crippen LogP contribution in [0.5, 0.6) is 0 Å². The zero-order valence-corrected chi connectivity index (χ0v) is 32.1. The number of aryl methyl sites for hydroxylation is 4. The lowest BCUT2D eigenvalue weighted by Crippen LogP contribution is -2.10. The summed E-state index contributed by atoms with van der Waals surface area (Å²) in [4.78, 5) is 4.79. The highest BCUT2D eigenvalue weighted by atomic mass is 15.1. The number of nitrogens with zero attached hydrogens (tertiary/aromatic N) is 2. The van der Waals surface area contributed by atoms with Gasteiger partial charge in [0.05, 0.1) is 0 Å². The maximum Gasteiger partial charge on any atom is 0.0474 e. The largest absolute Gasteiger partial charge is 0.310 e. The summed E-state index contributed by atoms with van der Waals surface area (Å²) in [6, 6.07) is 63.6. The third-order valence-electron chi connectivity index (χ3n) is 11.9. The van der Waals surface area contributed by atoms with Crippen molar-refractivity contribution in [2.45, 2.75) is 27.7 Å². The molecule has 0 unspecified atom stereocenters. The maximum atomic E-state index is 2.45. The van der Waals surface area contributed by atoms with E-state index in [1.165, 1.54) is 86.9 Å². The number of anilines is 6. The van der Waals surface area contributed by atoms with Crippen molar-refractivity contribution in [1.82, 2.24) is 0 Å². The van der Waals surface area contributed by atoms with Crippen LogP contribution in [-0.4, -0.2) is 0 Å². The SMILES string of the molecule is Cc1ccc(N(c2ccc(C)cc2)c2ccc3c(c2)c2cccc4cc5c6cc(N(c7ccc(C)cc7)c7ccc(C)cc7)cc7cccc(c76)c5c3c42)cc1. The molecule has 0 atom stereocenters. The Balaban J connectivity index is 1.18. The molecule has 0 bridgehead atoms. The van der Waals surface area contributed by atoms with E-state index in [0.29, 0.717) is 0 Å². The topological polar surface area (TPSA) is 6.48 Å². The highest BCUT2D eigenvalue weighted by Crippen LogP contribution is 2.51. The van der Waals surface area contributed by atoms with Crippen LogP contribution in [0.4, 0.5) is 34.1 Å². The second-order valence-corrected chi connectivity index (χ2v) is 15.7. The number of hydrogen-bond donors (Lipinski definition) is 0. The first kappa shape index (κ1) is 32.5. The van der Waals surface area contributed by atoms with E-state index in [1.807, 2.05) is 0 Å². The molecule has 0 radical (unpaired) electrons. The lowest BCUT2D eigenvalue weighted by Gasteiger charge is -2.26. The van der Waals surface area contributed by atoms with E-state index in [0.717, 1.165) is 34.1 Å². The maximum absolute atomic E-state index is 2.45. The van der Waals surface area contributed by atoms with Crippen molar-refractivity contribution in [3.63, 3.8) is 0 Å². The van der Waals surface area contributed by atoms with E-state index in [1.54, 1.807) is 0 Å². The predicted molar refractivity (Wildman–Crippen MR) is 242 cm³/mol. The molecule has 0 aliphatic heterocycles. The van der Waals surface area contributed by atoms with Gasteiger partial charge < -0.3 is 9.80 Å². The molecule has 0 saturated heterocycles. The first-order chi connectivity index (χ1) is 27.4. The quantitative estimate of drug-likeness (QED) is 0.169. The Kier molecular flexibility index (Phi) is 7.15. The summed E-state index contributed by atoms with van der Waals surface area (Å²) in [6.07, 6.45) is 0. The molecule has 56 heavy (non-hydrogen) atoms. The van der Waals surface area contributed by atoms with Gasteiger partial charge in [-0.2, -0.15) is 0 Å². The highest BCUT2D eigenvalue weighted by molar-refractivity contribution is 6.45. The van der Waals surface area contributed by atoms with Crippen LogP contribution in [0.2, 0.25) is 0 Å². The number of fused-ring (bicyclic) bond motifs is 7. The van der Waals surface area contributed by atoms with Crippen LogP contribution >= 0.6 is 0 Å². The van der Waals surface area contributed by atoms with E-state index in [-0.39, 0.29) is 0 Å². The average Bonchev–Trinajstić information content (AvgIpc) is 3.72. The van der Waals surface area contributed by atoms with Gasteiger partial charge in [-0.1, -0.05) is 113 Å². The van der Waals surface area contributed by atoms with E-state index in [9.17, 15) is 0 Å². The van der Waals surface area contributed by atoms with Gasteiger partial charge in [0.1, 0.15) is 0 Å². The molecular formula is C54H40N2. The fourth-order valence-electron chi connectivity index (χ4n) is 9.19. The summed E-state index contributed by atoms with van der Waals surface area (Å²) in [5, 5.41) is 15.7. The Hall–Kier alpha value is -6.90. The van der Waals surface area contributed by atoms with Crippen molar-refractivity contribution in [2.24, 2.45) is 0 Å². The predicted octanol–water partition coefficient (Wildman–Crippen LogP) is 15.7. The molecule has 0 saturated carbocycles. The number of benzene rings is 9. The first-order valence-electron chi connectivity index (χ1n) is 19.6. The summed E-state index contributed by atoms with van der Waals surface area (Å²) in [6.45, 7) is 8.60. The van der Waals surface area contributed by atoms with Gasteiger partial charge in [-0.3, -0.25) is 0 Å². The fraction of sp³-hybridized carbons (Fsp3) is 0.0741. The minimum atomic E-state index is 1.15. The molecule has 0 fully saturated rings. The van der Waals surface area contributed by atoms with Gasteiger partial charge in [-0.05, 0) is 171 Å². The Bertz CT molecular complexity index is 3160. The lowest BCUT2D eigenvalue weighted by molar-refractivity contribution is 1.27. The van der Waals surface area contributed by atoms with Crippen LogP contribution in [0, 0.1) is 27.7 Å². The zero-order valence-electron chi connectivity index (χ0n) is 32.1. The molecule has 0 aliphatic carbocycles. The van der Waals surface area contributed by atoms with Crippen LogP contribution in [0.1, 0.15) is 22.3 Å². The van der Waals surface area contributed by atoms with Gasteiger partial charge in [0.2, 0.25) is 0 Å². The summed E-state index contributed by atoms with van der Waals surface area (Å²) in [5.41, 5.74) is 11.9. The Labute approximate surface area is 327 Å². The van der Waals surface area contributed by atoms with Gasteiger partial charge in [0, 0.05) is 34.1 Å². The Morgan fingerprint density at radius 3 is 1.20 bits per heavy atom. The van der Waals surface area contributed by atoms with Crippen LogP contribution < -0.4 is 9.80 Å². The second kappa shape index (κ2) is 12.3. The van der Waals surface area contributed by atoms with Crippen molar-refractivity contribution in [1.29, 1.82) is 0 Å². The fourth-order valence-corrected chi connectivity index (χ4v) is 9.19. The second-order valence-electron chi connectivity index (χ2n) is 15.7. The van der Waals surface area contributed by atoms with Crippen LogP contribution in [0.25, 0.3) is 64.6 Å². The van der Waals surface area contributed by atoms with E-state index in [2.05, 4.69) is 207 Å². The van der Waals surface area contributed by atoms with E-state index < -0.39 is 0 Å². The monoisotopic (exact) mass is 716 g/mol. The minimum Gasteiger partial charge on any atom is -0.310 e. The van der Waals surface area contributed by atoms with Crippen molar-refractivity contribution in [3.8, 4) is 0 Å². The molecule has 11 aromatic rings. The highest BCUT2D eigenvalue weighted by Gasteiger charge is 2.23. The molecule has 0 heterocycles. The summed E-state index contributed by atoms with van der Waals surface area (Å²) in [7, 11) is 0. The van der Waals surface area contributed by atoms with Crippen molar-refractivity contribution in [2.75, 3.05) is 9.80 Å². The third kappa shape index (κ3) is 4.96. The molecule has 11 aromatic carbocycles. The van der Waals surface area contributed by atoms with Crippen LogP contribution in [0.15, 0.2) is 170 Å². The smallest absolute Gasteiger partial charge is 0.0474 e. The summed E-state index contributed by atoms with van der Waals surface area (Å²) in [5.74, 6) is 0. The summed E-state index contributed by atoms with van der Waals surface area (Å²) < 4.78 is 0. The number of hydrogen-bond acceptors (Lipinski definition) is 2. The summed E-state index contributed by atoms with van der Waals surface area (Å²) >= 11 is 0. The molecular weight excluding hydrogens is 677 g/mol. The van der Waals surface area contributed by atoms with Gasteiger partial charge in [0.15, 0.2) is 0 Å². The first-order valence-corrected chi connectivity index (χ1v) is 19.6. The van der Waals surface area contributed by atoms with Crippen molar-refractivity contribution in [3.05, 3.63) is 192 Å². The molecule has 11 rings (SSSR count).